The molecular formula is C30H46O10. The molecular weight excluding hydrogens is 520 g/mol. The predicted molar refractivity (Wildman–Crippen MR) is 145 cm³/mol. The average Bonchev–Trinajstić information content (AvgIpc) is 2.85. The maximum absolute atomic E-state index is 12.3. The Kier molecular flexibility index (Phi) is 12.2. The molecule has 226 valence electrons. The molecule has 0 N–H and O–H groups in total. The van der Waals surface area contributed by atoms with Crippen molar-refractivity contribution in [2.24, 2.45) is 28.6 Å². The summed E-state index contributed by atoms with van der Waals surface area (Å²) in [6, 6.07) is 0. The van der Waals surface area contributed by atoms with Crippen LogP contribution in [0.1, 0.15) is 87.0 Å². The normalized spacial score (nSPS) is 29.9. The monoisotopic (exact) mass is 566 g/mol. The van der Waals surface area contributed by atoms with E-state index in [1.807, 2.05) is 0 Å². The number of hydrogen-bond acceptors (Lipinski definition) is 10. The van der Waals surface area contributed by atoms with Crippen LogP contribution in [0.5, 0.6) is 0 Å². The number of ether oxygens (including phenoxy) is 5. The van der Waals surface area contributed by atoms with Crippen LogP contribution in [0.15, 0.2) is 11.6 Å². The number of carbonyl (C=O) groups is 5. The quantitative estimate of drug-likeness (QED) is 0.191. The molecule has 10 heteroatoms. The second kappa shape index (κ2) is 14.6. The molecule has 2 fully saturated rings. The van der Waals surface area contributed by atoms with Gasteiger partial charge in [-0.05, 0) is 61.0 Å². The van der Waals surface area contributed by atoms with Gasteiger partial charge in [-0.1, -0.05) is 20.3 Å². The van der Waals surface area contributed by atoms with E-state index in [1.54, 1.807) is 6.08 Å². The van der Waals surface area contributed by atoms with E-state index in [0.717, 1.165) is 24.8 Å². The standard InChI is InChI=1S/C30H46O10/c1-19-15-28(40-24(6)35)30(18-39-23(5)34)26(17-38-22(4)33)9-8-10-27(30)29(19,7)13-11-25(16-37-21(3)32)12-14-36-20(2)31/h12,19,26-28H,8-11,13-18H2,1-7H3/b25-12+/t19-,26+,27-,28+,29+,30+/m1/s1. The fraction of sp³-hybridized carbons (Fsp3) is 0.767. The molecule has 0 heterocycles. The summed E-state index contributed by atoms with van der Waals surface area (Å²) in [7, 11) is 0. The third-order valence-electron chi connectivity index (χ3n) is 8.97. The highest BCUT2D eigenvalue weighted by Crippen LogP contribution is 2.64. The lowest BCUT2D eigenvalue weighted by Gasteiger charge is -2.63. The molecule has 0 saturated heterocycles. The molecule has 2 aliphatic carbocycles. The van der Waals surface area contributed by atoms with Crippen molar-refractivity contribution < 1.29 is 47.7 Å². The molecule has 0 aromatic rings. The maximum atomic E-state index is 12.3. The molecule has 10 nitrogen and oxygen atoms in total. The first-order valence-corrected chi connectivity index (χ1v) is 14.1. The van der Waals surface area contributed by atoms with Crippen LogP contribution in [-0.2, 0) is 47.7 Å². The van der Waals surface area contributed by atoms with E-state index in [2.05, 4.69) is 13.8 Å². The minimum atomic E-state index is -0.746. The van der Waals surface area contributed by atoms with Gasteiger partial charge in [-0.25, -0.2) is 0 Å². The summed E-state index contributed by atoms with van der Waals surface area (Å²) < 4.78 is 27.5. The zero-order valence-corrected chi connectivity index (χ0v) is 25.0. The second-order valence-corrected chi connectivity index (χ2v) is 11.6. The number of fused-ring (bicyclic) bond motifs is 1. The molecule has 6 atom stereocenters. The minimum absolute atomic E-state index is 0.0230. The lowest BCUT2D eigenvalue weighted by Crippen LogP contribution is -2.64. The van der Waals surface area contributed by atoms with Crippen LogP contribution < -0.4 is 0 Å². The van der Waals surface area contributed by atoms with Gasteiger partial charge < -0.3 is 23.7 Å². The van der Waals surface area contributed by atoms with E-state index in [1.165, 1.54) is 34.6 Å². The van der Waals surface area contributed by atoms with Crippen molar-refractivity contribution in [3.8, 4) is 0 Å². The van der Waals surface area contributed by atoms with E-state index < -0.39 is 41.4 Å². The summed E-state index contributed by atoms with van der Waals surface area (Å²) in [5.41, 5.74) is -0.198. The molecule has 0 aromatic heterocycles. The molecule has 0 aliphatic heterocycles. The Hall–Kier alpha value is -2.91. The lowest BCUT2D eigenvalue weighted by atomic mass is 9.43. The van der Waals surface area contributed by atoms with Gasteiger partial charge in [-0.2, -0.15) is 0 Å². The van der Waals surface area contributed by atoms with Gasteiger partial charge in [0, 0.05) is 40.5 Å². The highest BCUT2D eigenvalue weighted by atomic mass is 16.6. The fourth-order valence-electron chi connectivity index (χ4n) is 6.88. The van der Waals surface area contributed by atoms with Crippen LogP contribution in [0.4, 0.5) is 0 Å². The van der Waals surface area contributed by atoms with Crippen LogP contribution in [0.2, 0.25) is 0 Å². The summed E-state index contributed by atoms with van der Waals surface area (Å²) >= 11 is 0. The van der Waals surface area contributed by atoms with Crippen LogP contribution in [-0.4, -0.2) is 62.4 Å². The Morgan fingerprint density at radius 2 is 1.45 bits per heavy atom. The first-order chi connectivity index (χ1) is 18.7. The molecule has 0 aromatic carbocycles. The molecule has 0 amide bonds. The molecule has 0 radical (unpaired) electrons. The number of esters is 5. The van der Waals surface area contributed by atoms with Crippen LogP contribution >= 0.6 is 0 Å². The van der Waals surface area contributed by atoms with Crippen molar-refractivity contribution in [2.45, 2.75) is 93.1 Å². The van der Waals surface area contributed by atoms with Crippen molar-refractivity contribution in [3.05, 3.63) is 11.6 Å². The molecule has 40 heavy (non-hydrogen) atoms. The van der Waals surface area contributed by atoms with Crippen LogP contribution in [0.25, 0.3) is 0 Å². The summed E-state index contributed by atoms with van der Waals surface area (Å²) in [6.45, 7) is 11.5. The first kappa shape index (κ1) is 33.3. The third kappa shape index (κ3) is 8.54. The Morgan fingerprint density at radius 3 is 2.02 bits per heavy atom. The maximum Gasteiger partial charge on any atom is 0.302 e. The summed E-state index contributed by atoms with van der Waals surface area (Å²) in [6.07, 6.45) is 5.57. The second-order valence-electron chi connectivity index (χ2n) is 11.6. The first-order valence-electron chi connectivity index (χ1n) is 14.1. The van der Waals surface area contributed by atoms with E-state index >= 15 is 0 Å². The topological polar surface area (TPSA) is 132 Å². The van der Waals surface area contributed by atoms with Crippen molar-refractivity contribution >= 4 is 29.8 Å². The lowest BCUT2D eigenvalue weighted by molar-refractivity contribution is -0.231. The van der Waals surface area contributed by atoms with Gasteiger partial charge in [0.05, 0.1) is 12.0 Å². The molecule has 0 unspecified atom stereocenters. The van der Waals surface area contributed by atoms with Crippen molar-refractivity contribution in [1.82, 2.24) is 0 Å². The molecule has 0 spiro atoms. The van der Waals surface area contributed by atoms with Gasteiger partial charge in [0.1, 0.15) is 25.9 Å². The van der Waals surface area contributed by atoms with E-state index in [9.17, 15) is 24.0 Å². The van der Waals surface area contributed by atoms with Gasteiger partial charge in [-0.15, -0.1) is 0 Å². The fourth-order valence-corrected chi connectivity index (χ4v) is 6.88. The van der Waals surface area contributed by atoms with Gasteiger partial charge in [0.15, 0.2) is 0 Å². The number of hydrogen-bond donors (Lipinski definition) is 0. The minimum Gasteiger partial charge on any atom is -0.466 e. The summed E-state index contributed by atoms with van der Waals surface area (Å²) in [4.78, 5) is 59.0. The third-order valence-corrected chi connectivity index (χ3v) is 8.97. The molecule has 2 rings (SSSR count). The zero-order chi connectivity index (χ0) is 30.1. The predicted octanol–water partition coefficient (Wildman–Crippen LogP) is 4.33. The van der Waals surface area contributed by atoms with Crippen LogP contribution in [0.3, 0.4) is 0 Å². The van der Waals surface area contributed by atoms with E-state index in [4.69, 9.17) is 23.7 Å². The Labute approximate surface area is 237 Å². The molecule has 2 saturated carbocycles. The van der Waals surface area contributed by atoms with Gasteiger partial charge in [-0.3, -0.25) is 24.0 Å². The Balaban J connectivity index is 2.51. The van der Waals surface area contributed by atoms with E-state index in [-0.39, 0.29) is 49.6 Å². The van der Waals surface area contributed by atoms with Crippen LogP contribution in [0, 0.1) is 28.6 Å². The van der Waals surface area contributed by atoms with Gasteiger partial charge >= 0.3 is 29.8 Å². The highest BCUT2D eigenvalue weighted by Gasteiger charge is 2.64. The summed E-state index contributed by atoms with van der Waals surface area (Å²) in [5, 5.41) is 0. The molecule has 2 aliphatic rings. The van der Waals surface area contributed by atoms with Crippen molar-refractivity contribution in [2.75, 3.05) is 26.4 Å². The number of carbonyl (C=O) groups excluding carboxylic acids is 5. The van der Waals surface area contributed by atoms with E-state index in [0.29, 0.717) is 19.3 Å². The van der Waals surface area contributed by atoms with Gasteiger partial charge in [0.2, 0.25) is 0 Å². The molecule has 0 bridgehead atoms. The van der Waals surface area contributed by atoms with Crippen molar-refractivity contribution in [1.29, 1.82) is 0 Å². The smallest absolute Gasteiger partial charge is 0.302 e. The Bertz CT molecular complexity index is 972. The largest absolute Gasteiger partial charge is 0.466 e. The van der Waals surface area contributed by atoms with Gasteiger partial charge in [0.25, 0.3) is 0 Å². The number of rotatable bonds is 12. The average molecular weight is 567 g/mol. The summed E-state index contributed by atoms with van der Waals surface area (Å²) in [5.74, 6) is -2.10. The SMILES string of the molecule is CC(=O)OC/C=C(\CC[C@@]1(C)[C@H](C)C[C@H](OC(C)=O)[C@@]2(COC(C)=O)[C@H](COC(C)=O)CCC[C@H]12)COC(C)=O. The highest BCUT2D eigenvalue weighted by molar-refractivity contribution is 5.67. The zero-order valence-electron chi connectivity index (χ0n) is 25.0. The Morgan fingerprint density at radius 1 is 0.825 bits per heavy atom. The van der Waals surface area contributed by atoms with Crippen molar-refractivity contribution in [3.63, 3.8) is 0 Å².